The van der Waals surface area contributed by atoms with Gasteiger partial charge in [0.05, 0.1) is 5.69 Å². The zero-order valence-corrected chi connectivity index (χ0v) is 11.9. The molecule has 0 aliphatic rings. The van der Waals surface area contributed by atoms with E-state index in [1.807, 2.05) is 42.6 Å². The minimum atomic E-state index is -0.688. The number of rotatable bonds is 4. The van der Waals surface area contributed by atoms with E-state index in [0.29, 0.717) is 11.7 Å². The highest BCUT2D eigenvalue weighted by Crippen LogP contribution is 2.24. The summed E-state index contributed by atoms with van der Waals surface area (Å²) in [7, 11) is 0. The van der Waals surface area contributed by atoms with Crippen molar-refractivity contribution in [1.82, 2.24) is 10.3 Å². The molecule has 1 heterocycles. The zero-order chi connectivity index (χ0) is 14.4. The molecule has 0 aliphatic carbocycles. The number of nitrogens with one attached hydrogen (secondary N) is 2. The van der Waals surface area contributed by atoms with Gasteiger partial charge in [-0.3, -0.25) is 14.9 Å². The molecule has 2 amide bonds. The monoisotopic (exact) mass is 289 g/mol. The first-order chi connectivity index (χ1) is 9.70. The quantitative estimate of drug-likeness (QED) is 0.848. The molecule has 1 aromatic heterocycles. The van der Waals surface area contributed by atoms with Crippen molar-refractivity contribution < 1.29 is 9.59 Å². The molecule has 0 spiro atoms. The van der Waals surface area contributed by atoms with E-state index in [2.05, 4.69) is 15.6 Å². The summed E-state index contributed by atoms with van der Waals surface area (Å²) in [5.41, 5.74) is 1.75. The third-order valence-corrected chi connectivity index (χ3v) is 3.29. The van der Waals surface area contributed by atoms with Crippen LogP contribution in [0, 0.1) is 0 Å². The fourth-order valence-corrected chi connectivity index (χ4v) is 2.26. The second-order valence-electron chi connectivity index (χ2n) is 4.11. The summed E-state index contributed by atoms with van der Waals surface area (Å²) in [6, 6.07) is 9.65. The van der Waals surface area contributed by atoms with Gasteiger partial charge in [-0.2, -0.15) is 0 Å². The van der Waals surface area contributed by atoms with Crippen molar-refractivity contribution in [1.29, 1.82) is 0 Å². The summed E-state index contributed by atoms with van der Waals surface area (Å²) in [6.45, 7) is 2.41. The van der Waals surface area contributed by atoms with Gasteiger partial charge in [-0.1, -0.05) is 37.3 Å². The van der Waals surface area contributed by atoms with Gasteiger partial charge in [0.15, 0.2) is 5.13 Å². The Balaban J connectivity index is 2.00. The van der Waals surface area contributed by atoms with Gasteiger partial charge < -0.3 is 5.32 Å². The summed E-state index contributed by atoms with van der Waals surface area (Å²) in [4.78, 5) is 27.3. The van der Waals surface area contributed by atoms with E-state index in [1.165, 1.54) is 11.3 Å². The van der Waals surface area contributed by atoms with E-state index in [9.17, 15) is 9.59 Å². The predicted octanol–water partition coefficient (Wildman–Crippen LogP) is 2.27. The SMILES string of the molecule is CCCNC(=O)C(=O)Nc1nc(-c2ccccc2)cs1. The molecule has 0 aliphatic heterocycles. The standard InChI is InChI=1S/C14H15N3O2S/c1-2-8-15-12(18)13(19)17-14-16-11(9-20-14)10-6-4-3-5-7-10/h3-7,9H,2,8H2,1H3,(H,15,18)(H,16,17,19). The van der Waals surface area contributed by atoms with E-state index in [0.717, 1.165) is 17.7 Å². The number of aromatic nitrogens is 1. The van der Waals surface area contributed by atoms with Crippen molar-refractivity contribution in [3.05, 3.63) is 35.7 Å². The number of carbonyl (C=O) groups is 2. The van der Waals surface area contributed by atoms with Crippen LogP contribution >= 0.6 is 11.3 Å². The smallest absolute Gasteiger partial charge is 0.315 e. The van der Waals surface area contributed by atoms with E-state index >= 15 is 0 Å². The van der Waals surface area contributed by atoms with Crippen LogP contribution in [0.5, 0.6) is 0 Å². The molecule has 0 fully saturated rings. The highest BCUT2D eigenvalue weighted by atomic mass is 32.1. The van der Waals surface area contributed by atoms with Crippen molar-refractivity contribution in [2.45, 2.75) is 13.3 Å². The van der Waals surface area contributed by atoms with Gasteiger partial charge in [-0.05, 0) is 6.42 Å². The van der Waals surface area contributed by atoms with Crippen LogP contribution in [0.2, 0.25) is 0 Å². The number of hydrogen-bond acceptors (Lipinski definition) is 4. The fraction of sp³-hybridized carbons (Fsp3) is 0.214. The first-order valence-electron chi connectivity index (χ1n) is 6.31. The van der Waals surface area contributed by atoms with Crippen LogP contribution in [0.3, 0.4) is 0 Å². The normalized spacial score (nSPS) is 10.1. The summed E-state index contributed by atoms with van der Waals surface area (Å²) >= 11 is 1.29. The first kappa shape index (κ1) is 14.2. The van der Waals surface area contributed by atoms with Gasteiger partial charge >= 0.3 is 11.8 Å². The largest absolute Gasteiger partial charge is 0.348 e. The molecule has 0 radical (unpaired) electrons. The molecule has 20 heavy (non-hydrogen) atoms. The predicted molar refractivity (Wildman–Crippen MR) is 79.5 cm³/mol. The van der Waals surface area contributed by atoms with E-state index < -0.39 is 11.8 Å². The fourth-order valence-electron chi connectivity index (χ4n) is 1.55. The maximum Gasteiger partial charge on any atom is 0.315 e. The molecule has 1 aromatic carbocycles. The van der Waals surface area contributed by atoms with Crippen molar-refractivity contribution in [2.75, 3.05) is 11.9 Å². The summed E-state index contributed by atoms with van der Waals surface area (Å²) in [6.07, 6.45) is 0.786. The molecule has 0 unspecified atom stereocenters. The van der Waals surface area contributed by atoms with Crippen molar-refractivity contribution in [2.24, 2.45) is 0 Å². The van der Waals surface area contributed by atoms with Crippen LogP contribution in [0.15, 0.2) is 35.7 Å². The number of amides is 2. The second-order valence-corrected chi connectivity index (χ2v) is 4.97. The zero-order valence-electron chi connectivity index (χ0n) is 11.1. The van der Waals surface area contributed by atoms with Crippen LogP contribution in [-0.2, 0) is 9.59 Å². The lowest BCUT2D eigenvalue weighted by Crippen LogP contribution is -2.35. The Morgan fingerprint density at radius 2 is 1.95 bits per heavy atom. The second kappa shape index (κ2) is 6.81. The van der Waals surface area contributed by atoms with Gasteiger partial charge in [-0.15, -0.1) is 11.3 Å². The Kier molecular flexibility index (Phi) is 4.84. The molecule has 0 saturated carbocycles. The third kappa shape index (κ3) is 3.64. The van der Waals surface area contributed by atoms with Gasteiger partial charge in [-0.25, -0.2) is 4.98 Å². The molecule has 0 bridgehead atoms. The number of anilines is 1. The van der Waals surface area contributed by atoms with Gasteiger partial charge in [0, 0.05) is 17.5 Å². The number of carbonyl (C=O) groups excluding carboxylic acids is 2. The van der Waals surface area contributed by atoms with Gasteiger partial charge in [0.25, 0.3) is 0 Å². The molecule has 0 saturated heterocycles. The Bertz CT molecular complexity index is 595. The molecule has 2 rings (SSSR count). The van der Waals surface area contributed by atoms with E-state index in [4.69, 9.17) is 0 Å². The molecule has 2 aromatic rings. The molecular weight excluding hydrogens is 274 g/mol. The van der Waals surface area contributed by atoms with Crippen LogP contribution in [-0.4, -0.2) is 23.3 Å². The minimum Gasteiger partial charge on any atom is -0.348 e. The van der Waals surface area contributed by atoms with Crippen LogP contribution in [0.1, 0.15) is 13.3 Å². The lowest BCUT2D eigenvalue weighted by molar-refractivity contribution is -0.136. The van der Waals surface area contributed by atoms with Crippen molar-refractivity contribution in [3.63, 3.8) is 0 Å². The third-order valence-electron chi connectivity index (χ3n) is 2.54. The summed E-state index contributed by atoms with van der Waals surface area (Å²) in [5, 5.41) is 7.27. The number of nitrogens with zero attached hydrogens (tertiary/aromatic N) is 1. The van der Waals surface area contributed by atoms with E-state index in [-0.39, 0.29) is 0 Å². The molecule has 104 valence electrons. The van der Waals surface area contributed by atoms with Crippen molar-refractivity contribution >= 4 is 28.3 Å². The average molecular weight is 289 g/mol. The molecular formula is C14H15N3O2S. The highest BCUT2D eigenvalue weighted by molar-refractivity contribution is 7.14. The van der Waals surface area contributed by atoms with Gasteiger partial charge in [0.2, 0.25) is 0 Å². The highest BCUT2D eigenvalue weighted by Gasteiger charge is 2.14. The topological polar surface area (TPSA) is 71.1 Å². The molecule has 2 N–H and O–H groups in total. The Labute approximate surface area is 121 Å². The minimum absolute atomic E-state index is 0.417. The van der Waals surface area contributed by atoms with Crippen LogP contribution in [0.4, 0.5) is 5.13 Å². The lowest BCUT2D eigenvalue weighted by Gasteiger charge is -2.02. The lowest BCUT2D eigenvalue weighted by atomic mass is 10.2. The number of thiazole rings is 1. The maximum absolute atomic E-state index is 11.6. The molecule has 5 nitrogen and oxygen atoms in total. The first-order valence-corrected chi connectivity index (χ1v) is 7.18. The van der Waals surface area contributed by atoms with Crippen LogP contribution < -0.4 is 10.6 Å². The van der Waals surface area contributed by atoms with E-state index in [1.54, 1.807) is 0 Å². The van der Waals surface area contributed by atoms with Crippen LogP contribution in [0.25, 0.3) is 11.3 Å². The Morgan fingerprint density at radius 3 is 2.65 bits per heavy atom. The van der Waals surface area contributed by atoms with Gasteiger partial charge in [0.1, 0.15) is 0 Å². The maximum atomic E-state index is 11.6. The number of hydrogen-bond donors (Lipinski definition) is 2. The summed E-state index contributed by atoms with van der Waals surface area (Å²) < 4.78 is 0. The number of benzene rings is 1. The average Bonchev–Trinajstić information content (AvgIpc) is 2.94. The summed E-state index contributed by atoms with van der Waals surface area (Å²) in [5.74, 6) is -1.32. The molecule has 0 atom stereocenters. The Morgan fingerprint density at radius 1 is 1.20 bits per heavy atom. The molecule has 6 heteroatoms. The van der Waals surface area contributed by atoms with Crippen molar-refractivity contribution in [3.8, 4) is 11.3 Å². The Hall–Kier alpha value is -2.21.